The van der Waals surface area contributed by atoms with Crippen molar-refractivity contribution < 1.29 is 23.9 Å². The normalized spacial score (nSPS) is 17.9. The SMILES string of the molecule is CCOC(=O)C1CCN(c2nc3c(c(=O)[nH]2)C(C(=O)Nc2cc(C)ccc2OC)CC(=O)N3)CC1. The van der Waals surface area contributed by atoms with E-state index < -0.39 is 23.3 Å². The van der Waals surface area contributed by atoms with Crippen LogP contribution in [0, 0.1) is 12.8 Å². The average molecular weight is 484 g/mol. The number of aromatic amines is 1. The van der Waals surface area contributed by atoms with Crippen LogP contribution in [0.25, 0.3) is 0 Å². The number of methoxy groups -OCH3 is 1. The summed E-state index contributed by atoms with van der Waals surface area (Å²) in [6.45, 7) is 4.98. The molecular weight excluding hydrogens is 454 g/mol. The molecule has 186 valence electrons. The molecule has 2 amide bonds. The Bertz CT molecular complexity index is 1200. The maximum Gasteiger partial charge on any atom is 0.309 e. The number of anilines is 3. The molecule has 1 saturated heterocycles. The fourth-order valence-electron chi connectivity index (χ4n) is 4.46. The van der Waals surface area contributed by atoms with Crippen molar-refractivity contribution >= 4 is 35.2 Å². The van der Waals surface area contributed by atoms with Crippen LogP contribution in [-0.2, 0) is 19.1 Å². The zero-order chi connectivity index (χ0) is 25.1. The van der Waals surface area contributed by atoms with Gasteiger partial charge in [-0.1, -0.05) is 6.07 Å². The zero-order valence-corrected chi connectivity index (χ0v) is 20.0. The molecule has 1 aromatic heterocycles. The summed E-state index contributed by atoms with van der Waals surface area (Å²) < 4.78 is 10.4. The lowest BCUT2D eigenvalue weighted by Gasteiger charge is -2.32. The molecule has 1 fully saturated rings. The first-order valence-electron chi connectivity index (χ1n) is 11.6. The van der Waals surface area contributed by atoms with Crippen molar-refractivity contribution in [2.24, 2.45) is 5.92 Å². The van der Waals surface area contributed by atoms with Gasteiger partial charge >= 0.3 is 5.97 Å². The molecule has 0 radical (unpaired) electrons. The summed E-state index contributed by atoms with van der Waals surface area (Å²) in [6.07, 6.45) is 0.951. The molecule has 3 heterocycles. The molecule has 1 unspecified atom stereocenters. The van der Waals surface area contributed by atoms with Crippen LogP contribution in [0.2, 0.25) is 0 Å². The molecule has 0 spiro atoms. The standard InChI is InChI=1S/C24H29N5O6/c1-4-35-23(33)14-7-9-29(10-8-14)24-27-20-19(22(32)28-24)15(12-18(30)26-20)21(31)25-16-11-13(2)5-6-17(16)34-3/h5-6,11,14-15H,4,7-10,12H2,1-3H3,(H,25,31)(H2,26,27,28,30,32). The Balaban J connectivity index is 1.56. The van der Waals surface area contributed by atoms with Gasteiger partial charge in [-0.2, -0.15) is 4.98 Å². The van der Waals surface area contributed by atoms with Crippen LogP contribution in [0.1, 0.15) is 43.2 Å². The number of piperidine rings is 1. The van der Waals surface area contributed by atoms with E-state index in [1.54, 1.807) is 19.1 Å². The van der Waals surface area contributed by atoms with Gasteiger partial charge in [-0.25, -0.2) is 0 Å². The number of aromatic nitrogens is 2. The van der Waals surface area contributed by atoms with Crippen molar-refractivity contribution in [2.45, 2.75) is 39.0 Å². The molecular formula is C24H29N5O6. The Hall–Kier alpha value is -3.89. The zero-order valence-electron chi connectivity index (χ0n) is 20.0. The van der Waals surface area contributed by atoms with E-state index in [0.29, 0.717) is 44.0 Å². The molecule has 1 atom stereocenters. The molecule has 2 aliphatic rings. The monoisotopic (exact) mass is 483 g/mol. The van der Waals surface area contributed by atoms with Gasteiger partial charge in [0, 0.05) is 19.5 Å². The molecule has 2 aliphatic heterocycles. The Morgan fingerprint density at radius 1 is 1.23 bits per heavy atom. The number of rotatable bonds is 6. The van der Waals surface area contributed by atoms with E-state index in [9.17, 15) is 19.2 Å². The lowest BCUT2D eigenvalue weighted by Crippen LogP contribution is -2.41. The Morgan fingerprint density at radius 2 is 1.97 bits per heavy atom. The average Bonchev–Trinajstić information content (AvgIpc) is 2.83. The van der Waals surface area contributed by atoms with Gasteiger partial charge in [-0.05, 0) is 44.4 Å². The highest BCUT2D eigenvalue weighted by atomic mass is 16.5. The van der Waals surface area contributed by atoms with Crippen LogP contribution in [0.5, 0.6) is 5.75 Å². The van der Waals surface area contributed by atoms with Gasteiger partial charge in [0.2, 0.25) is 17.8 Å². The number of esters is 1. The van der Waals surface area contributed by atoms with Crippen LogP contribution in [0.4, 0.5) is 17.5 Å². The van der Waals surface area contributed by atoms with Crippen molar-refractivity contribution in [1.82, 2.24) is 9.97 Å². The van der Waals surface area contributed by atoms with Crippen LogP contribution < -0.4 is 25.8 Å². The highest BCUT2D eigenvalue weighted by Gasteiger charge is 2.36. The van der Waals surface area contributed by atoms with Gasteiger partial charge in [0.25, 0.3) is 5.56 Å². The van der Waals surface area contributed by atoms with Crippen molar-refractivity contribution in [2.75, 3.05) is 42.3 Å². The number of carbonyl (C=O) groups excluding carboxylic acids is 3. The third-order valence-corrected chi connectivity index (χ3v) is 6.28. The lowest BCUT2D eigenvalue weighted by molar-refractivity contribution is -0.148. The molecule has 4 rings (SSSR count). The van der Waals surface area contributed by atoms with Gasteiger partial charge in [0.05, 0.1) is 36.8 Å². The molecule has 11 heteroatoms. The summed E-state index contributed by atoms with van der Waals surface area (Å²) in [5, 5.41) is 5.41. The minimum absolute atomic E-state index is 0.0730. The summed E-state index contributed by atoms with van der Waals surface area (Å²) in [6, 6.07) is 5.34. The summed E-state index contributed by atoms with van der Waals surface area (Å²) >= 11 is 0. The first kappa shape index (κ1) is 24.2. The number of amides is 2. The topological polar surface area (TPSA) is 143 Å². The van der Waals surface area contributed by atoms with Gasteiger partial charge in [0.15, 0.2) is 0 Å². The number of nitrogens with zero attached hydrogens (tertiary/aromatic N) is 2. The number of H-pyrrole nitrogens is 1. The maximum absolute atomic E-state index is 13.2. The summed E-state index contributed by atoms with van der Waals surface area (Å²) in [7, 11) is 1.50. The molecule has 1 aromatic carbocycles. The van der Waals surface area contributed by atoms with E-state index in [2.05, 4.69) is 20.6 Å². The predicted octanol–water partition coefficient (Wildman–Crippen LogP) is 1.93. The van der Waals surface area contributed by atoms with Gasteiger partial charge in [-0.3, -0.25) is 24.2 Å². The van der Waals surface area contributed by atoms with E-state index in [1.165, 1.54) is 7.11 Å². The third-order valence-electron chi connectivity index (χ3n) is 6.28. The van der Waals surface area contributed by atoms with Gasteiger partial charge in [0.1, 0.15) is 11.6 Å². The second-order valence-electron chi connectivity index (χ2n) is 8.66. The van der Waals surface area contributed by atoms with Crippen molar-refractivity contribution in [3.8, 4) is 5.75 Å². The number of benzene rings is 1. The highest BCUT2D eigenvalue weighted by Crippen LogP contribution is 2.33. The molecule has 35 heavy (non-hydrogen) atoms. The second kappa shape index (κ2) is 10.2. The van der Waals surface area contributed by atoms with Crippen molar-refractivity contribution in [1.29, 1.82) is 0 Å². The molecule has 11 nitrogen and oxygen atoms in total. The van der Waals surface area contributed by atoms with Crippen molar-refractivity contribution in [3.63, 3.8) is 0 Å². The second-order valence-corrected chi connectivity index (χ2v) is 8.66. The first-order valence-corrected chi connectivity index (χ1v) is 11.6. The largest absolute Gasteiger partial charge is 0.495 e. The van der Waals surface area contributed by atoms with Crippen molar-refractivity contribution in [3.05, 3.63) is 39.7 Å². The minimum atomic E-state index is -1.01. The molecule has 0 aliphatic carbocycles. The van der Waals surface area contributed by atoms with Crippen LogP contribution in [-0.4, -0.2) is 54.6 Å². The number of fused-ring (bicyclic) bond motifs is 1. The number of hydrogen-bond donors (Lipinski definition) is 3. The Labute approximate surface area is 202 Å². The van der Waals surface area contributed by atoms with Gasteiger partial charge in [-0.15, -0.1) is 0 Å². The number of ether oxygens (including phenoxy) is 2. The quantitative estimate of drug-likeness (QED) is 0.529. The van der Waals surface area contributed by atoms with Crippen LogP contribution >= 0.6 is 0 Å². The number of hydrogen-bond acceptors (Lipinski definition) is 8. The maximum atomic E-state index is 13.2. The smallest absolute Gasteiger partial charge is 0.309 e. The fraction of sp³-hybridized carbons (Fsp3) is 0.458. The van der Waals surface area contributed by atoms with Crippen LogP contribution in [0.15, 0.2) is 23.0 Å². The molecule has 2 aromatic rings. The summed E-state index contributed by atoms with van der Waals surface area (Å²) in [5.74, 6) is -1.49. The highest BCUT2D eigenvalue weighted by molar-refractivity contribution is 6.05. The fourth-order valence-corrected chi connectivity index (χ4v) is 4.46. The number of nitrogens with one attached hydrogen (secondary N) is 3. The summed E-state index contributed by atoms with van der Waals surface area (Å²) in [4.78, 5) is 59.7. The molecule has 0 saturated carbocycles. The van der Waals surface area contributed by atoms with Crippen LogP contribution in [0.3, 0.4) is 0 Å². The van der Waals surface area contributed by atoms with Gasteiger partial charge < -0.3 is 25.0 Å². The molecule has 3 N–H and O–H groups in total. The van der Waals surface area contributed by atoms with E-state index >= 15 is 0 Å². The Morgan fingerprint density at radius 3 is 2.66 bits per heavy atom. The minimum Gasteiger partial charge on any atom is -0.495 e. The van der Waals surface area contributed by atoms with E-state index in [0.717, 1.165) is 5.56 Å². The number of carbonyl (C=O) groups is 3. The summed E-state index contributed by atoms with van der Waals surface area (Å²) in [5.41, 5.74) is 0.988. The number of aryl methyl sites for hydroxylation is 1. The Kier molecular flexibility index (Phi) is 7.04. The first-order chi connectivity index (χ1) is 16.8. The predicted molar refractivity (Wildman–Crippen MR) is 129 cm³/mol. The van der Waals surface area contributed by atoms with E-state index in [4.69, 9.17) is 9.47 Å². The third kappa shape index (κ3) is 5.13. The van der Waals surface area contributed by atoms with E-state index in [1.807, 2.05) is 17.9 Å². The molecule has 0 bridgehead atoms. The lowest BCUT2D eigenvalue weighted by atomic mass is 9.92. The van der Waals surface area contributed by atoms with E-state index in [-0.39, 0.29) is 35.6 Å².